The molecular weight excluding hydrogens is 256 g/mol. The van der Waals surface area contributed by atoms with Crippen LogP contribution in [0.25, 0.3) is 0 Å². The van der Waals surface area contributed by atoms with Crippen LogP contribution >= 0.6 is 0 Å². The number of nitrogens with one attached hydrogen (secondary N) is 1. The second-order valence-corrected chi connectivity index (χ2v) is 5.04. The van der Waals surface area contributed by atoms with Gasteiger partial charge in [-0.15, -0.1) is 0 Å². The Bertz CT molecular complexity index is 500. The molecule has 1 aromatic rings. The molecule has 5 heteroatoms. The van der Waals surface area contributed by atoms with Crippen LogP contribution in [-0.2, 0) is 11.2 Å². The lowest BCUT2D eigenvalue weighted by molar-refractivity contribution is -0.141. The first-order valence-corrected chi connectivity index (χ1v) is 6.69. The molecule has 0 aliphatic carbocycles. The Labute approximate surface area is 119 Å². The highest BCUT2D eigenvalue weighted by molar-refractivity contribution is 5.89. The predicted molar refractivity (Wildman–Crippen MR) is 79.0 cm³/mol. The van der Waals surface area contributed by atoms with Gasteiger partial charge in [-0.2, -0.15) is 0 Å². The van der Waals surface area contributed by atoms with Crippen molar-refractivity contribution in [1.82, 2.24) is 4.90 Å². The molecule has 0 aliphatic heterocycles. The van der Waals surface area contributed by atoms with E-state index >= 15 is 0 Å². The van der Waals surface area contributed by atoms with E-state index in [-0.39, 0.29) is 12.6 Å². The van der Waals surface area contributed by atoms with Gasteiger partial charge in [-0.1, -0.05) is 19.9 Å². The summed E-state index contributed by atoms with van der Waals surface area (Å²) < 4.78 is 0. The second kappa shape index (κ2) is 6.93. The standard InChI is InChI=1S/C15H22N2O3/c1-5-12-6-7-13(8-10(12)2)16-15(20)17(4)9-11(3)14(18)19/h6-8,11H,5,9H2,1-4H3,(H,16,20)(H,18,19). The third-order valence-corrected chi connectivity index (χ3v) is 3.29. The lowest BCUT2D eigenvalue weighted by Crippen LogP contribution is -2.36. The summed E-state index contributed by atoms with van der Waals surface area (Å²) in [6.07, 6.45) is 0.954. The van der Waals surface area contributed by atoms with Crippen molar-refractivity contribution in [3.05, 3.63) is 29.3 Å². The lowest BCUT2D eigenvalue weighted by atomic mass is 10.1. The highest BCUT2D eigenvalue weighted by atomic mass is 16.4. The van der Waals surface area contributed by atoms with Crippen molar-refractivity contribution in [3.8, 4) is 0 Å². The summed E-state index contributed by atoms with van der Waals surface area (Å²) in [5.41, 5.74) is 3.10. The average molecular weight is 278 g/mol. The van der Waals surface area contributed by atoms with Gasteiger partial charge in [0.25, 0.3) is 0 Å². The van der Waals surface area contributed by atoms with Gasteiger partial charge in [0.15, 0.2) is 0 Å². The molecule has 0 radical (unpaired) electrons. The van der Waals surface area contributed by atoms with Gasteiger partial charge in [-0.25, -0.2) is 4.79 Å². The number of aliphatic carboxylic acids is 1. The third-order valence-electron chi connectivity index (χ3n) is 3.29. The van der Waals surface area contributed by atoms with E-state index in [1.54, 1.807) is 14.0 Å². The number of amides is 2. The monoisotopic (exact) mass is 278 g/mol. The van der Waals surface area contributed by atoms with Crippen molar-refractivity contribution < 1.29 is 14.7 Å². The number of hydrogen-bond donors (Lipinski definition) is 2. The fourth-order valence-corrected chi connectivity index (χ4v) is 1.96. The van der Waals surface area contributed by atoms with Gasteiger partial charge in [0.1, 0.15) is 0 Å². The number of anilines is 1. The first kappa shape index (κ1) is 16.0. The summed E-state index contributed by atoms with van der Waals surface area (Å²) in [5.74, 6) is -1.50. The number of nitrogens with zero attached hydrogens (tertiary/aromatic N) is 1. The summed E-state index contributed by atoms with van der Waals surface area (Å²) in [5, 5.41) is 11.6. The van der Waals surface area contributed by atoms with Crippen LogP contribution in [0.3, 0.4) is 0 Å². The molecular formula is C15H22N2O3. The van der Waals surface area contributed by atoms with E-state index in [1.807, 2.05) is 25.1 Å². The van der Waals surface area contributed by atoms with Crippen LogP contribution in [0, 0.1) is 12.8 Å². The van der Waals surface area contributed by atoms with Gasteiger partial charge in [-0.3, -0.25) is 4.79 Å². The summed E-state index contributed by atoms with van der Waals surface area (Å²) in [6.45, 7) is 5.84. The Morgan fingerprint density at radius 1 is 1.40 bits per heavy atom. The lowest BCUT2D eigenvalue weighted by Gasteiger charge is -2.20. The normalized spacial score (nSPS) is 11.8. The van der Waals surface area contributed by atoms with E-state index in [2.05, 4.69) is 12.2 Å². The van der Waals surface area contributed by atoms with Crippen LogP contribution in [0.4, 0.5) is 10.5 Å². The van der Waals surface area contributed by atoms with Crippen molar-refractivity contribution in [2.45, 2.75) is 27.2 Å². The number of benzene rings is 1. The average Bonchev–Trinajstić information content (AvgIpc) is 2.38. The molecule has 0 saturated carbocycles. The Morgan fingerprint density at radius 2 is 2.05 bits per heavy atom. The second-order valence-electron chi connectivity index (χ2n) is 5.04. The van der Waals surface area contributed by atoms with Crippen LogP contribution in [-0.4, -0.2) is 35.6 Å². The molecule has 0 aromatic heterocycles. The van der Waals surface area contributed by atoms with Crippen molar-refractivity contribution >= 4 is 17.7 Å². The molecule has 20 heavy (non-hydrogen) atoms. The molecule has 1 atom stereocenters. The first-order chi connectivity index (χ1) is 9.35. The number of hydrogen-bond acceptors (Lipinski definition) is 2. The zero-order valence-electron chi connectivity index (χ0n) is 12.4. The molecule has 1 aromatic carbocycles. The van der Waals surface area contributed by atoms with Crippen LogP contribution < -0.4 is 5.32 Å². The van der Waals surface area contributed by atoms with Crippen LogP contribution in [0.1, 0.15) is 25.0 Å². The largest absolute Gasteiger partial charge is 0.481 e. The maximum atomic E-state index is 12.0. The summed E-state index contributed by atoms with van der Waals surface area (Å²) in [4.78, 5) is 24.1. The minimum Gasteiger partial charge on any atom is -0.481 e. The fraction of sp³-hybridized carbons (Fsp3) is 0.467. The quantitative estimate of drug-likeness (QED) is 0.870. The van der Waals surface area contributed by atoms with Crippen LogP contribution in [0.15, 0.2) is 18.2 Å². The molecule has 5 nitrogen and oxygen atoms in total. The zero-order valence-corrected chi connectivity index (χ0v) is 12.4. The van der Waals surface area contributed by atoms with Gasteiger partial charge in [-0.05, 0) is 36.6 Å². The van der Waals surface area contributed by atoms with Crippen molar-refractivity contribution in [2.24, 2.45) is 5.92 Å². The first-order valence-electron chi connectivity index (χ1n) is 6.69. The van der Waals surface area contributed by atoms with Gasteiger partial charge in [0.05, 0.1) is 5.92 Å². The topological polar surface area (TPSA) is 69.6 Å². The summed E-state index contributed by atoms with van der Waals surface area (Å²) >= 11 is 0. The Balaban J connectivity index is 2.66. The molecule has 0 bridgehead atoms. The highest BCUT2D eigenvalue weighted by Gasteiger charge is 2.17. The molecule has 0 fully saturated rings. The third kappa shape index (κ3) is 4.26. The summed E-state index contributed by atoms with van der Waals surface area (Å²) in [6, 6.07) is 5.47. The maximum absolute atomic E-state index is 12.0. The fourth-order valence-electron chi connectivity index (χ4n) is 1.96. The summed E-state index contributed by atoms with van der Waals surface area (Å²) in [7, 11) is 1.59. The number of carboxylic acid groups (broad SMARTS) is 1. The Morgan fingerprint density at radius 3 is 2.55 bits per heavy atom. The molecule has 1 unspecified atom stereocenters. The number of carbonyl (C=O) groups excluding carboxylic acids is 1. The van der Waals surface area contributed by atoms with Gasteiger partial charge < -0.3 is 15.3 Å². The Hall–Kier alpha value is -2.04. The molecule has 110 valence electrons. The molecule has 0 heterocycles. The molecule has 2 amide bonds. The van der Waals surface area contributed by atoms with Crippen LogP contribution in [0.2, 0.25) is 0 Å². The van der Waals surface area contributed by atoms with Gasteiger partial charge in [0, 0.05) is 19.3 Å². The van der Waals surface area contributed by atoms with Crippen molar-refractivity contribution in [3.63, 3.8) is 0 Å². The molecule has 1 rings (SSSR count). The zero-order chi connectivity index (χ0) is 15.3. The SMILES string of the molecule is CCc1ccc(NC(=O)N(C)CC(C)C(=O)O)cc1C. The number of aryl methyl sites for hydroxylation is 2. The van der Waals surface area contributed by atoms with E-state index in [9.17, 15) is 9.59 Å². The minimum absolute atomic E-state index is 0.174. The van der Waals surface area contributed by atoms with E-state index in [4.69, 9.17) is 5.11 Å². The smallest absolute Gasteiger partial charge is 0.321 e. The van der Waals surface area contributed by atoms with E-state index in [0.717, 1.165) is 17.7 Å². The highest BCUT2D eigenvalue weighted by Crippen LogP contribution is 2.16. The number of carbonyl (C=O) groups is 2. The van der Waals surface area contributed by atoms with E-state index in [1.165, 1.54) is 10.5 Å². The molecule has 0 saturated heterocycles. The van der Waals surface area contributed by atoms with E-state index < -0.39 is 11.9 Å². The van der Waals surface area contributed by atoms with E-state index in [0.29, 0.717) is 0 Å². The molecule has 0 aliphatic rings. The Kier molecular flexibility index (Phi) is 5.55. The minimum atomic E-state index is -0.909. The number of rotatable bonds is 5. The van der Waals surface area contributed by atoms with Gasteiger partial charge in [0.2, 0.25) is 0 Å². The predicted octanol–water partition coefficient (Wildman–Crippen LogP) is 2.74. The maximum Gasteiger partial charge on any atom is 0.321 e. The number of urea groups is 1. The van der Waals surface area contributed by atoms with Gasteiger partial charge >= 0.3 is 12.0 Å². The number of carboxylic acids is 1. The van der Waals surface area contributed by atoms with Crippen molar-refractivity contribution in [2.75, 3.05) is 18.9 Å². The van der Waals surface area contributed by atoms with Crippen LogP contribution in [0.5, 0.6) is 0 Å². The molecule has 0 spiro atoms. The molecule has 2 N–H and O–H groups in total. The van der Waals surface area contributed by atoms with Crippen molar-refractivity contribution in [1.29, 1.82) is 0 Å².